The Hall–Kier alpha value is -1.29. The molecule has 2 rings (SSSR count). The molecule has 2 heterocycles. The molecule has 0 aliphatic carbocycles. The molecule has 15 heavy (non-hydrogen) atoms. The maximum atomic E-state index is 11.8. The minimum atomic E-state index is -0.340. The summed E-state index contributed by atoms with van der Waals surface area (Å²) in [4.78, 5) is 13.5. The fraction of sp³-hybridized carbons (Fsp3) is 0.545. The summed E-state index contributed by atoms with van der Waals surface area (Å²) in [5.41, 5.74) is 0. The molecule has 1 aliphatic rings. The summed E-state index contributed by atoms with van der Waals surface area (Å²) in [6, 6.07) is 3.80. The topological polar surface area (TPSA) is 45.5 Å². The summed E-state index contributed by atoms with van der Waals surface area (Å²) in [6.45, 7) is 1.64. The highest BCUT2D eigenvalue weighted by Gasteiger charge is 2.21. The van der Waals surface area contributed by atoms with E-state index in [9.17, 15) is 9.90 Å². The number of carbonyl (C=O) groups excluding carboxylic acids is 1. The predicted molar refractivity (Wildman–Crippen MR) is 56.3 cm³/mol. The van der Waals surface area contributed by atoms with Gasteiger partial charge >= 0.3 is 0 Å². The summed E-state index contributed by atoms with van der Waals surface area (Å²) in [7, 11) is 0. The Morgan fingerprint density at radius 3 is 2.80 bits per heavy atom. The second-order valence-corrected chi connectivity index (χ2v) is 3.99. The number of amides is 1. The van der Waals surface area contributed by atoms with Crippen LogP contribution in [0.4, 0.5) is 0 Å². The molecule has 1 aromatic heterocycles. The van der Waals surface area contributed by atoms with Crippen LogP contribution in [0.1, 0.15) is 12.8 Å². The zero-order chi connectivity index (χ0) is 10.7. The van der Waals surface area contributed by atoms with Gasteiger partial charge in [0.1, 0.15) is 6.54 Å². The van der Waals surface area contributed by atoms with Crippen LogP contribution in [-0.2, 0) is 11.3 Å². The molecule has 0 unspecified atom stereocenters. The summed E-state index contributed by atoms with van der Waals surface area (Å²) < 4.78 is 1.85. The quantitative estimate of drug-likeness (QED) is 0.768. The van der Waals surface area contributed by atoms with Crippen molar-refractivity contribution in [1.29, 1.82) is 0 Å². The van der Waals surface area contributed by atoms with Crippen LogP contribution in [0.3, 0.4) is 0 Å². The maximum absolute atomic E-state index is 11.8. The lowest BCUT2D eigenvalue weighted by Gasteiger charge is -2.30. The van der Waals surface area contributed by atoms with Gasteiger partial charge in [-0.1, -0.05) is 0 Å². The first-order valence-corrected chi connectivity index (χ1v) is 5.32. The first-order chi connectivity index (χ1) is 7.25. The van der Waals surface area contributed by atoms with Gasteiger partial charge in [-0.15, -0.1) is 0 Å². The molecule has 0 spiro atoms. The van der Waals surface area contributed by atoms with Crippen LogP contribution in [0, 0.1) is 0 Å². The van der Waals surface area contributed by atoms with E-state index in [0.29, 0.717) is 13.1 Å². The zero-order valence-corrected chi connectivity index (χ0v) is 8.67. The van der Waals surface area contributed by atoms with Gasteiger partial charge in [0.15, 0.2) is 0 Å². The molecule has 1 amide bonds. The number of carbonyl (C=O) groups is 1. The van der Waals surface area contributed by atoms with Crippen LogP contribution in [0.5, 0.6) is 0 Å². The van der Waals surface area contributed by atoms with Gasteiger partial charge in [-0.25, -0.2) is 0 Å². The van der Waals surface area contributed by atoms with Crippen molar-refractivity contribution < 1.29 is 9.90 Å². The smallest absolute Gasteiger partial charge is 0.242 e. The Kier molecular flexibility index (Phi) is 3.06. The Morgan fingerprint density at radius 1 is 1.40 bits per heavy atom. The molecule has 0 aromatic carbocycles. The number of hydrogen-bond acceptors (Lipinski definition) is 2. The van der Waals surface area contributed by atoms with Gasteiger partial charge in [-0.05, 0) is 25.0 Å². The first kappa shape index (κ1) is 10.2. The minimum absolute atomic E-state index is 0.0879. The molecular formula is C11H16N2O2. The monoisotopic (exact) mass is 208 g/mol. The second-order valence-electron chi connectivity index (χ2n) is 3.99. The van der Waals surface area contributed by atoms with E-state index in [1.165, 1.54) is 0 Å². The van der Waals surface area contributed by atoms with E-state index in [-0.39, 0.29) is 12.0 Å². The van der Waals surface area contributed by atoms with Crippen LogP contribution in [0.2, 0.25) is 0 Å². The molecule has 0 saturated carbocycles. The van der Waals surface area contributed by atoms with Crippen molar-refractivity contribution in [2.24, 2.45) is 0 Å². The van der Waals surface area contributed by atoms with Crippen LogP contribution < -0.4 is 0 Å². The number of aliphatic hydroxyl groups is 1. The number of aromatic nitrogens is 1. The lowest BCUT2D eigenvalue weighted by Crippen LogP contribution is -2.43. The molecule has 1 saturated heterocycles. The van der Waals surface area contributed by atoms with Crippen molar-refractivity contribution in [2.45, 2.75) is 25.5 Å². The van der Waals surface area contributed by atoms with Gasteiger partial charge in [0, 0.05) is 25.5 Å². The molecule has 0 radical (unpaired) electrons. The van der Waals surface area contributed by atoms with E-state index >= 15 is 0 Å². The van der Waals surface area contributed by atoms with Gasteiger partial charge < -0.3 is 14.6 Å². The Morgan fingerprint density at radius 2 is 2.13 bits per heavy atom. The summed E-state index contributed by atoms with van der Waals surface area (Å²) in [5, 5.41) is 9.45. The number of nitrogens with zero attached hydrogens (tertiary/aromatic N) is 2. The highest BCUT2D eigenvalue weighted by molar-refractivity contribution is 5.76. The van der Waals surface area contributed by atoms with Gasteiger partial charge in [0.05, 0.1) is 6.10 Å². The summed E-state index contributed by atoms with van der Waals surface area (Å²) in [5.74, 6) is 0.0879. The van der Waals surface area contributed by atoms with Gasteiger partial charge in [0.25, 0.3) is 0 Å². The molecule has 4 heteroatoms. The molecule has 1 aromatic rings. The van der Waals surface area contributed by atoms with E-state index in [2.05, 4.69) is 0 Å². The van der Waals surface area contributed by atoms with E-state index in [1.807, 2.05) is 29.1 Å². The first-order valence-electron chi connectivity index (χ1n) is 5.32. The summed E-state index contributed by atoms with van der Waals surface area (Å²) >= 11 is 0. The molecule has 0 bridgehead atoms. The van der Waals surface area contributed by atoms with Gasteiger partial charge in [-0.2, -0.15) is 0 Å². The standard InChI is InChI=1S/C11H16N2O2/c14-10-4-3-7-13(8-10)11(15)9-12-5-1-2-6-12/h1-2,5-6,10,14H,3-4,7-9H2/t10-/m1/s1. The third-order valence-electron chi connectivity index (χ3n) is 2.73. The molecule has 1 atom stereocenters. The fourth-order valence-electron chi connectivity index (χ4n) is 1.91. The number of aliphatic hydroxyl groups excluding tert-OH is 1. The number of rotatable bonds is 2. The molecular weight excluding hydrogens is 192 g/mol. The number of hydrogen-bond donors (Lipinski definition) is 1. The molecule has 1 fully saturated rings. The van der Waals surface area contributed by atoms with Crippen LogP contribution in [0.15, 0.2) is 24.5 Å². The molecule has 1 N–H and O–H groups in total. The van der Waals surface area contributed by atoms with Gasteiger partial charge in [0.2, 0.25) is 5.91 Å². The Labute approximate surface area is 89.1 Å². The van der Waals surface area contributed by atoms with Gasteiger partial charge in [-0.3, -0.25) is 4.79 Å². The molecule has 82 valence electrons. The fourth-order valence-corrected chi connectivity index (χ4v) is 1.91. The SMILES string of the molecule is O=C(Cn1cccc1)N1CCC[C@@H](O)C1. The molecule has 1 aliphatic heterocycles. The minimum Gasteiger partial charge on any atom is -0.391 e. The van der Waals surface area contributed by atoms with Crippen molar-refractivity contribution in [1.82, 2.24) is 9.47 Å². The van der Waals surface area contributed by atoms with Crippen molar-refractivity contribution in [3.63, 3.8) is 0 Å². The number of β-amino-alcohol motifs (C(OH)–C–C–N with tert-alkyl or cyclic N) is 1. The maximum Gasteiger partial charge on any atom is 0.242 e. The van der Waals surface area contributed by atoms with E-state index in [0.717, 1.165) is 19.4 Å². The van der Waals surface area contributed by atoms with Crippen LogP contribution in [0.25, 0.3) is 0 Å². The molecule has 4 nitrogen and oxygen atoms in total. The van der Waals surface area contributed by atoms with Crippen molar-refractivity contribution in [3.05, 3.63) is 24.5 Å². The van der Waals surface area contributed by atoms with Crippen molar-refractivity contribution >= 4 is 5.91 Å². The van der Waals surface area contributed by atoms with Crippen molar-refractivity contribution in [3.8, 4) is 0 Å². The van der Waals surface area contributed by atoms with Crippen LogP contribution in [-0.4, -0.2) is 39.7 Å². The Balaban J connectivity index is 1.90. The zero-order valence-electron chi connectivity index (χ0n) is 8.67. The predicted octanol–water partition coefficient (Wildman–Crippen LogP) is 0.471. The number of likely N-dealkylation sites (tertiary alicyclic amines) is 1. The average Bonchev–Trinajstić information content (AvgIpc) is 2.70. The van der Waals surface area contributed by atoms with E-state index < -0.39 is 0 Å². The Bertz CT molecular complexity index is 321. The second kappa shape index (κ2) is 4.49. The third-order valence-corrected chi connectivity index (χ3v) is 2.73. The number of piperidine rings is 1. The summed E-state index contributed by atoms with van der Waals surface area (Å²) in [6.07, 6.45) is 5.12. The largest absolute Gasteiger partial charge is 0.391 e. The highest BCUT2D eigenvalue weighted by Crippen LogP contribution is 2.10. The average molecular weight is 208 g/mol. The lowest BCUT2D eigenvalue weighted by atomic mass is 10.1. The normalized spacial score (nSPS) is 21.7. The third kappa shape index (κ3) is 2.59. The van der Waals surface area contributed by atoms with Crippen molar-refractivity contribution in [2.75, 3.05) is 13.1 Å². The highest BCUT2D eigenvalue weighted by atomic mass is 16.3. The van der Waals surface area contributed by atoms with Crippen LogP contribution >= 0.6 is 0 Å². The van der Waals surface area contributed by atoms with E-state index in [4.69, 9.17) is 0 Å². The van der Waals surface area contributed by atoms with E-state index in [1.54, 1.807) is 4.90 Å². The lowest BCUT2D eigenvalue weighted by molar-refractivity contribution is -0.134.